The molecule has 0 spiro atoms. The van der Waals surface area contributed by atoms with Gasteiger partial charge in [-0.3, -0.25) is 9.59 Å². The first-order valence-corrected chi connectivity index (χ1v) is 7.12. The molecule has 0 atom stereocenters. The fraction of sp³-hybridized carbons (Fsp3) is 0.667. The number of rotatable bonds is 8. The van der Waals surface area contributed by atoms with Gasteiger partial charge < -0.3 is 10.1 Å². The van der Waals surface area contributed by atoms with Crippen molar-refractivity contribution in [2.45, 2.75) is 39.0 Å². The van der Waals surface area contributed by atoms with Crippen LogP contribution in [0, 0.1) is 0 Å². The Balaban J connectivity index is 2.16. The molecule has 1 rings (SSSR count). The van der Waals surface area contributed by atoms with Gasteiger partial charge in [-0.15, -0.1) is 5.10 Å². The number of nitrogens with one attached hydrogen (secondary N) is 1. The van der Waals surface area contributed by atoms with E-state index in [-0.39, 0.29) is 11.9 Å². The number of carbonyl (C=O) groups excluding carboxylic acids is 2. The van der Waals surface area contributed by atoms with Crippen molar-refractivity contribution in [3.63, 3.8) is 0 Å². The molecule has 0 aliphatic rings. The van der Waals surface area contributed by atoms with Crippen molar-refractivity contribution in [1.29, 1.82) is 0 Å². The van der Waals surface area contributed by atoms with Crippen LogP contribution in [0.25, 0.3) is 0 Å². The number of methoxy groups -OCH3 is 1. The maximum atomic E-state index is 11.8. The zero-order valence-corrected chi connectivity index (χ0v) is 12.1. The predicted octanol–water partition coefficient (Wildman–Crippen LogP) is 1.56. The van der Waals surface area contributed by atoms with Gasteiger partial charge in [-0.25, -0.2) is 0 Å². The Labute approximate surface area is 116 Å². The Hall–Kier alpha value is -1.50. The monoisotopic (exact) mass is 285 g/mol. The summed E-state index contributed by atoms with van der Waals surface area (Å²) < 4.78 is 8.33. The van der Waals surface area contributed by atoms with E-state index in [0.29, 0.717) is 24.3 Å². The van der Waals surface area contributed by atoms with Gasteiger partial charge in [-0.05, 0) is 30.8 Å². The van der Waals surface area contributed by atoms with Gasteiger partial charge in [-0.2, -0.15) is 0 Å². The number of hydrogen-bond donors (Lipinski definition) is 1. The summed E-state index contributed by atoms with van der Waals surface area (Å²) in [5.74, 6) is -0.299. The van der Waals surface area contributed by atoms with Crippen LogP contribution in [-0.2, 0) is 16.0 Å². The van der Waals surface area contributed by atoms with Crippen LogP contribution in [-0.4, -0.2) is 35.1 Å². The summed E-state index contributed by atoms with van der Waals surface area (Å²) in [7, 11) is 1.39. The number of nitrogens with zero attached hydrogens (tertiary/aromatic N) is 2. The number of hydrogen-bond acceptors (Lipinski definition) is 6. The number of unbranched alkanes of at least 4 members (excludes halogenated alkanes) is 2. The number of carbonyl (C=O) groups is 2. The molecule has 1 heterocycles. The largest absolute Gasteiger partial charge is 0.469 e. The van der Waals surface area contributed by atoms with Gasteiger partial charge in [0.05, 0.1) is 12.8 Å². The van der Waals surface area contributed by atoms with E-state index in [9.17, 15) is 9.59 Å². The molecule has 0 saturated heterocycles. The molecule has 6 nitrogen and oxygen atoms in total. The molecule has 0 radical (unpaired) electrons. The highest BCUT2D eigenvalue weighted by atomic mass is 32.1. The lowest BCUT2D eigenvalue weighted by Gasteiger charge is -2.04. The topological polar surface area (TPSA) is 81.2 Å². The standard InChI is InChI=1S/C12H19N3O3S/c1-3-9-11(19-15-14-9)12(17)13-8-6-4-5-7-10(16)18-2/h3-8H2,1-2H3,(H,13,17). The maximum absolute atomic E-state index is 11.8. The first kappa shape index (κ1) is 15.6. The van der Waals surface area contributed by atoms with Gasteiger partial charge in [0.1, 0.15) is 4.88 Å². The third-order valence-corrected chi connectivity index (χ3v) is 3.43. The van der Waals surface area contributed by atoms with Gasteiger partial charge in [-0.1, -0.05) is 17.8 Å². The number of amides is 1. The fourth-order valence-corrected chi connectivity index (χ4v) is 2.23. The van der Waals surface area contributed by atoms with Crippen molar-refractivity contribution in [1.82, 2.24) is 14.9 Å². The SMILES string of the molecule is CCc1nnsc1C(=O)NCCCCCC(=O)OC. The lowest BCUT2D eigenvalue weighted by molar-refractivity contribution is -0.140. The minimum atomic E-state index is -0.188. The number of esters is 1. The molecule has 0 unspecified atom stereocenters. The summed E-state index contributed by atoms with van der Waals surface area (Å²) in [6.07, 6.45) is 3.65. The third-order valence-electron chi connectivity index (χ3n) is 2.67. The minimum absolute atomic E-state index is 0.111. The van der Waals surface area contributed by atoms with Crippen LogP contribution in [0.4, 0.5) is 0 Å². The van der Waals surface area contributed by atoms with Crippen molar-refractivity contribution < 1.29 is 14.3 Å². The van der Waals surface area contributed by atoms with Gasteiger partial charge in [0.15, 0.2) is 0 Å². The Bertz CT molecular complexity index is 420. The molecular formula is C12H19N3O3S. The summed E-state index contributed by atoms with van der Waals surface area (Å²) in [5, 5.41) is 6.74. The molecule has 0 aliphatic carbocycles. The maximum Gasteiger partial charge on any atom is 0.305 e. The fourth-order valence-electron chi connectivity index (χ4n) is 1.57. The van der Waals surface area contributed by atoms with E-state index in [1.54, 1.807) is 0 Å². The normalized spacial score (nSPS) is 10.2. The summed E-state index contributed by atoms with van der Waals surface area (Å²) in [6, 6.07) is 0. The highest BCUT2D eigenvalue weighted by Gasteiger charge is 2.13. The second kappa shape index (κ2) is 8.58. The van der Waals surface area contributed by atoms with Gasteiger partial charge in [0, 0.05) is 13.0 Å². The second-order valence-electron chi connectivity index (χ2n) is 4.05. The van der Waals surface area contributed by atoms with Crippen LogP contribution >= 0.6 is 11.5 Å². The molecule has 1 aromatic heterocycles. The molecule has 1 amide bonds. The van der Waals surface area contributed by atoms with Crippen LogP contribution < -0.4 is 5.32 Å². The molecule has 0 aliphatic heterocycles. The molecule has 19 heavy (non-hydrogen) atoms. The van der Waals surface area contributed by atoms with Crippen molar-refractivity contribution >= 4 is 23.4 Å². The first-order chi connectivity index (χ1) is 9.19. The summed E-state index contributed by atoms with van der Waals surface area (Å²) >= 11 is 1.12. The Morgan fingerprint density at radius 2 is 2.11 bits per heavy atom. The zero-order chi connectivity index (χ0) is 14.1. The first-order valence-electron chi connectivity index (χ1n) is 6.35. The molecule has 0 aromatic carbocycles. The van der Waals surface area contributed by atoms with Crippen LogP contribution in [0.15, 0.2) is 0 Å². The van der Waals surface area contributed by atoms with Gasteiger partial charge in [0.2, 0.25) is 0 Å². The number of aromatic nitrogens is 2. The van der Waals surface area contributed by atoms with Crippen LogP contribution in [0.3, 0.4) is 0 Å². The van der Waals surface area contributed by atoms with Crippen LogP contribution in [0.2, 0.25) is 0 Å². The van der Waals surface area contributed by atoms with E-state index in [4.69, 9.17) is 0 Å². The lowest BCUT2D eigenvalue weighted by atomic mass is 10.2. The average molecular weight is 285 g/mol. The average Bonchev–Trinajstić information content (AvgIpc) is 2.90. The van der Waals surface area contributed by atoms with E-state index < -0.39 is 0 Å². The second-order valence-corrected chi connectivity index (χ2v) is 4.80. The van der Waals surface area contributed by atoms with Crippen molar-refractivity contribution in [2.24, 2.45) is 0 Å². The predicted molar refractivity (Wildman–Crippen MR) is 72.1 cm³/mol. The van der Waals surface area contributed by atoms with E-state index >= 15 is 0 Å². The van der Waals surface area contributed by atoms with E-state index in [1.807, 2.05) is 6.92 Å². The summed E-state index contributed by atoms with van der Waals surface area (Å²) in [6.45, 7) is 2.54. The van der Waals surface area contributed by atoms with Gasteiger partial charge in [0.25, 0.3) is 5.91 Å². The molecule has 0 bridgehead atoms. The van der Waals surface area contributed by atoms with Crippen LogP contribution in [0.1, 0.15) is 48.0 Å². The number of ether oxygens (including phenoxy) is 1. The molecule has 1 N–H and O–H groups in total. The van der Waals surface area contributed by atoms with E-state index in [1.165, 1.54) is 7.11 Å². The lowest BCUT2D eigenvalue weighted by Crippen LogP contribution is -2.24. The van der Waals surface area contributed by atoms with Crippen molar-refractivity contribution in [2.75, 3.05) is 13.7 Å². The zero-order valence-electron chi connectivity index (χ0n) is 11.3. The van der Waals surface area contributed by atoms with E-state index in [0.717, 1.165) is 36.5 Å². The Morgan fingerprint density at radius 1 is 1.32 bits per heavy atom. The summed E-state index contributed by atoms with van der Waals surface area (Å²) in [5.41, 5.74) is 0.744. The Kier molecular flexibility index (Phi) is 7.02. The third kappa shape index (κ3) is 5.34. The van der Waals surface area contributed by atoms with Crippen molar-refractivity contribution in [3.8, 4) is 0 Å². The summed E-state index contributed by atoms with van der Waals surface area (Å²) in [4.78, 5) is 23.3. The van der Waals surface area contributed by atoms with Crippen LogP contribution in [0.5, 0.6) is 0 Å². The number of aryl methyl sites for hydroxylation is 1. The highest BCUT2D eigenvalue weighted by molar-refractivity contribution is 7.08. The minimum Gasteiger partial charge on any atom is -0.469 e. The molecule has 0 fully saturated rings. The van der Waals surface area contributed by atoms with E-state index in [2.05, 4.69) is 19.6 Å². The smallest absolute Gasteiger partial charge is 0.305 e. The molecular weight excluding hydrogens is 266 g/mol. The molecule has 106 valence electrons. The quantitative estimate of drug-likeness (QED) is 0.579. The molecule has 0 saturated carbocycles. The molecule has 1 aromatic rings. The molecule has 7 heteroatoms. The van der Waals surface area contributed by atoms with Gasteiger partial charge >= 0.3 is 5.97 Å². The Morgan fingerprint density at radius 3 is 2.79 bits per heavy atom. The highest BCUT2D eigenvalue weighted by Crippen LogP contribution is 2.10. The van der Waals surface area contributed by atoms with Crippen molar-refractivity contribution in [3.05, 3.63) is 10.6 Å².